The number of aliphatic carboxylic acids is 1. The van der Waals surface area contributed by atoms with E-state index in [1.165, 1.54) is 0 Å². The van der Waals surface area contributed by atoms with Gasteiger partial charge in [-0.05, 0) is 43.2 Å². The molecule has 7 nitrogen and oxygen atoms in total. The smallest absolute Gasteiger partial charge is 0.336 e. The van der Waals surface area contributed by atoms with Crippen molar-refractivity contribution in [3.8, 4) is 5.75 Å². The average molecular weight is 439 g/mol. The van der Waals surface area contributed by atoms with E-state index < -0.39 is 11.6 Å². The Labute approximate surface area is 187 Å². The standard InChI is InChI=1S/C25H30N2O5/c1-4-22-26-21-10-8-7-9-20(21)23(28)27(22)15-16-31-19-13-11-18(12-14-19)17-25(5-2,24(29)30)32-6-3/h7-14H,4-6,15-17H2,1-3H3,(H,29,30). The molecular formula is C25H30N2O5. The average Bonchev–Trinajstić information content (AvgIpc) is 2.81. The van der Waals surface area contributed by atoms with Gasteiger partial charge in [0.05, 0.1) is 17.4 Å². The lowest BCUT2D eigenvalue weighted by molar-refractivity contribution is -0.166. The minimum atomic E-state index is -1.22. The number of aromatic nitrogens is 2. The van der Waals surface area contributed by atoms with E-state index in [0.717, 1.165) is 11.4 Å². The van der Waals surface area contributed by atoms with Crippen LogP contribution in [0.25, 0.3) is 10.9 Å². The number of benzene rings is 2. The summed E-state index contributed by atoms with van der Waals surface area (Å²) in [6.45, 7) is 6.63. The van der Waals surface area contributed by atoms with Gasteiger partial charge < -0.3 is 14.6 Å². The molecule has 0 amide bonds. The van der Waals surface area contributed by atoms with Gasteiger partial charge in [-0.3, -0.25) is 9.36 Å². The molecule has 1 atom stereocenters. The Morgan fingerprint density at radius 3 is 2.44 bits per heavy atom. The second-order valence-corrected chi connectivity index (χ2v) is 7.61. The zero-order valence-corrected chi connectivity index (χ0v) is 18.8. The van der Waals surface area contributed by atoms with Crippen molar-refractivity contribution in [1.29, 1.82) is 0 Å². The lowest BCUT2D eigenvalue weighted by Crippen LogP contribution is -2.43. The maximum absolute atomic E-state index is 12.9. The van der Waals surface area contributed by atoms with Crippen molar-refractivity contribution in [3.05, 3.63) is 70.3 Å². The van der Waals surface area contributed by atoms with Crippen molar-refractivity contribution in [3.63, 3.8) is 0 Å². The van der Waals surface area contributed by atoms with Gasteiger partial charge in [-0.2, -0.15) is 0 Å². The summed E-state index contributed by atoms with van der Waals surface area (Å²) < 4.78 is 13.1. The number of ether oxygens (including phenoxy) is 2. The molecule has 0 saturated carbocycles. The number of rotatable bonds is 11. The van der Waals surface area contributed by atoms with Gasteiger partial charge in [0.15, 0.2) is 5.60 Å². The monoisotopic (exact) mass is 438 g/mol. The van der Waals surface area contributed by atoms with E-state index in [0.29, 0.717) is 49.3 Å². The molecule has 0 spiro atoms. The van der Waals surface area contributed by atoms with E-state index in [4.69, 9.17) is 9.47 Å². The Bertz CT molecular complexity index is 1120. The Morgan fingerprint density at radius 1 is 1.09 bits per heavy atom. The number of hydrogen-bond acceptors (Lipinski definition) is 5. The zero-order valence-electron chi connectivity index (χ0n) is 18.8. The number of carbonyl (C=O) groups is 1. The Hall–Kier alpha value is -3.19. The van der Waals surface area contributed by atoms with Crippen LogP contribution in [0.4, 0.5) is 0 Å². The molecule has 0 fully saturated rings. The van der Waals surface area contributed by atoms with Crippen LogP contribution in [-0.2, 0) is 28.9 Å². The molecule has 3 aromatic rings. The predicted octanol–water partition coefficient (Wildman–Crippen LogP) is 3.85. The number of nitrogens with zero attached hydrogens (tertiary/aromatic N) is 2. The van der Waals surface area contributed by atoms with Crippen LogP contribution in [0.15, 0.2) is 53.3 Å². The van der Waals surface area contributed by atoms with Crippen molar-refractivity contribution in [2.75, 3.05) is 13.2 Å². The summed E-state index contributed by atoms with van der Waals surface area (Å²) in [7, 11) is 0. The molecular weight excluding hydrogens is 408 g/mol. The Kier molecular flexibility index (Phi) is 7.64. The van der Waals surface area contributed by atoms with Gasteiger partial charge in [0.2, 0.25) is 0 Å². The van der Waals surface area contributed by atoms with Crippen LogP contribution in [-0.4, -0.2) is 39.4 Å². The Balaban J connectivity index is 1.68. The van der Waals surface area contributed by atoms with Gasteiger partial charge in [0.25, 0.3) is 5.56 Å². The molecule has 0 aliphatic rings. The maximum atomic E-state index is 12.9. The normalized spacial score (nSPS) is 13.1. The highest BCUT2D eigenvalue weighted by atomic mass is 16.5. The summed E-state index contributed by atoms with van der Waals surface area (Å²) in [5.41, 5.74) is 0.279. The minimum absolute atomic E-state index is 0.0631. The highest BCUT2D eigenvalue weighted by Crippen LogP contribution is 2.24. The van der Waals surface area contributed by atoms with Gasteiger partial charge >= 0.3 is 5.97 Å². The fraction of sp³-hybridized carbons (Fsp3) is 0.400. The quantitative estimate of drug-likeness (QED) is 0.489. The van der Waals surface area contributed by atoms with Crippen LogP contribution in [0.5, 0.6) is 5.75 Å². The molecule has 0 saturated heterocycles. The first-order chi connectivity index (χ1) is 15.4. The third-order valence-corrected chi connectivity index (χ3v) is 5.64. The van der Waals surface area contributed by atoms with E-state index >= 15 is 0 Å². The topological polar surface area (TPSA) is 90.7 Å². The van der Waals surface area contributed by atoms with E-state index in [2.05, 4.69) is 4.98 Å². The molecule has 0 aliphatic heterocycles. The minimum Gasteiger partial charge on any atom is -0.492 e. The molecule has 7 heteroatoms. The van der Waals surface area contributed by atoms with E-state index in [1.807, 2.05) is 56.3 Å². The van der Waals surface area contributed by atoms with Crippen LogP contribution >= 0.6 is 0 Å². The van der Waals surface area contributed by atoms with Crippen molar-refractivity contribution in [2.24, 2.45) is 0 Å². The number of aryl methyl sites for hydroxylation is 1. The zero-order chi connectivity index (χ0) is 23.1. The Morgan fingerprint density at radius 2 is 1.81 bits per heavy atom. The summed E-state index contributed by atoms with van der Waals surface area (Å²) in [5.74, 6) is 0.430. The maximum Gasteiger partial charge on any atom is 0.336 e. The predicted molar refractivity (Wildman–Crippen MR) is 123 cm³/mol. The van der Waals surface area contributed by atoms with Crippen molar-refractivity contribution < 1.29 is 19.4 Å². The molecule has 3 rings (SSSR count). The van der Waals surface area contributed by atoms with Crippen LogP contribution in [0.3, 0.4) is 0 Å². The highest BCUT2D eigenvalue weighted by molar-refractivity contribution is 5.78. The van der Waals surface area contributed by atoms with Crippen molar-refractivity contribution in [2.45, 2.75) is 52.2 Å². The molecule has 1 N–H and O–H groups in total. The van der Waals surface area contributed by atoms with E-state index in [1.54, 1.807) is 17.6 Å². The third kappa shape index (κ3) is 4.99. The SMILES string of the molecule is CCOC(CC)(Cc1ccc(OCCn2c(CC)nc3ccccc3c2=O)cc1)C(=O)O. The summed E-state index contributed by atoms with van der Waals surface area (Å²) in [5, 5.41) is 10.2. The largest absolute Gasteiger partial charge is 0.492 e. The number of para-hydroxylation sites is 1. The first kappa shape index (κ1) is 23.5. The lowest BCUT2D eigenvalue weighted by atomic mass is 9.91. The van der Waals surface area contributed by atoms with Gasteiger partial charge in [-0.1, -0.05) is 38.1 Å². The molecule has 0 radical (unpaired) electrons. The fourth-order valence-corrected chi connectivity index (χ4v) is 3.85. The number of fused-ring (bicyclic) bond motifs is 1. The molecule has 2 aromatic carbocycles. The van der Waals surface area contributed by atoms with Crippen molar-refractivity contribution in [1.82, 2.24) is 9.55 Å². The van der Waals surface area contributed by atoms with Gasteiger partial charge in [-0.25, -0.2) is 9.78 Å². The second-order valence-electron chi connectivity index (χ2n) is 7.61. The molecule has 1 heterocycles. The van der Waals surface area contributed by atoms with Crippen LogP contribution in [0.1, 0.15) is 38.6 Å². The second kappa shape index (κ2) is 10.4. The molecule has 1 unspecified atom stereocenters. The lowest BCUT2D eigenvalue weighted by Gasteiger charge is -2.28. The van der Waals surface area contributed by atoms with Crippen LogP contribution in [0.2, 0.25) is 0 Å². The number of carboxylic acid groups (broad SMARTS) is 1. The summed E-state index contributed by atoms with van der Waals surface area (Å²) >= 11 is 0. The van der Waals surface area contributed by atoms with Gasteiger partial charge in [0, 0.05) is 19.4 Å². The van der Waals surface area contributed by atoms with E-state index in [9.17, 15) is 14.7 Å². The fourth-order valence-electron chi connectivity index (χ4n) is 3.85. The molecule has 0 aliphatic carbocycles. The number of carboxylic acids is 1. The molecule has 0 bridgehead atoms. The first-order valence-corrected chi connectivity index (χ1v) is 11.0. The number of hydrogen-bond donors (Lipinski definition) is 1. The van der Waals surface area contributed by atoms with Crippen molar-refractivity contribution >= 4 is 16.9 Å². The summed E-state index contributed by atoms with van der Waals surface area (Å²) in [6, 6.07) is 14.7. The molecule has 32 heavy (non-hydrogen) atoms. The molecule has 170 valence electrons. The summed E-state index contributed by atoms with van der Waals surface area (Å²) in [6.07, 6.45) is 1.31. The highest BCUT2D eigenvalue weighted by Gasteiger charge is 2.37. The third-order valence-electron chi connectivity index (χ3n) is 5.64. The molecule has 1 aromatic heterocycles. The van der Waals surface area contributed by atoms with Crippen LogP contribution < -0.4 is 10.3 Å². The van der Waals surface area contributed by atoms with E-state index in [-0.39, 0.29) is 12.0 Å². The van der Waals surface area contributed by atoms with Gasteiger partial charge in [-0.15, -0.1) is 0 Å². The first-order valence-electron chi connectivity index (χ1n) is 11.0. The van der Waals surface area contributed by atoms with Crippen LogP contribution in [0, 0.1) is 0 Å². The summed E-state index contributed by atoms with van der Waals surface area (Å²) in [4.78, 5) is 29.3. The van der Waals surface area contributed by atoms with Gasteiger partial charge in [0.1, 0.15) is 18.2 Å².